The molecule has 2 N–H and O–H groups in total. The Morgan fingerprint density at radius 3 is 2.19 bits per heavy atom. The molecule has 2 heterocycles. The quantitative estimate of drug-likeness (QED) is 0.262. The number of nitrogens with one attached hydrogen (secondary N) is 2. The minimum Gasteiger partial charge on any atom is -0.439 e. The van der Waals surface area contributed by atoms with Gasteiger partial charge in [0.1, 0.15) is 11.6 Å². The summed E-state index contributed by atoms with van der Waals surface area (Å²) in [4.78, 5) is 43.6. The first-order chi connectivity index (χ1) is 19.7. The summed E-state index contributed by atoms with van der Waals surface area (Å²) < 4.78 is 33.1. The zero-order valence-corrected chi connectivity index (χ0v) is 25.1. The fraction of sp³-hybridized carbons (Fsp3) is 0.214. The van der Waals surface area contributed by atoms with Crippen molar-refractivity contribution in [3.8, 4) is 11.6 Å². The fourth-order valence-electron chi connectivity index (χ4n) is 3.86. The Labute approximate surface area is 251 Å². The average molecular weight is 633 g/mol. The number of nitrogens with zero attached hydrogens (tertiary/aromatic N) is 3. The Hall–Kier alpha value is -4.13. The standard InChI is InChI=1S/C28H27Cl2N5O6S/c1-28(2,26(37)33-42(3,39)40)17-35-25(36)14-23(34(27(35)38)16-18-4-6-19(29)7-5-18)32-21-9-11-22(12-10-21)41-24-13-8-20(30)15-31-24/h4-15,32H,16-17H2,1-3H3,(H,33,37). The van der Waals surface area contributed by atoms with Crippen LogP contribution < -0.4 is 26.0 Å². The Bertz CT molecular complexity index is 1820. The molecule has 0 unspecified atom stereocenters. The van der Waals surface area contributed by atoms with E-state index in [9.17, 15) is 22.8 Å². The van der Waals surface area contributed by atoms with E-state index in [1.807, 2.05) is 4.72 Å². The van der Waals surface area contributed by atoms with Gasteiger partial charge in [0.15, 0.2) is 0 Å². The highest BCUT2D eigenvalue weighted by Gasteiger charge is 2.32. The van der Waals surface area contributed by atoms with Crippen molar-refractivity contribution in [3.05, 3.63) is 109 Å². The van der Waals surface area contributed by atoms with Crippen LogP contribution in [0.15, 0.2) is 82.5 Å². The first-order valence-corrected chi connectivity index (χ1v) is 15.1. The number of rotatable bonds is 10. The molecule has 2 aromatic carbocycles. The minimum absolute atomic E-state index is 0.0675. The number of pyridine rings is 1. The highest BCUT2D eigenvalue weighted by atomic mass is 35.5. The molecule has 11 nitrogen and oxygen atoms in total. The van der Waals surface area contributed by atoms with Crippen LogP contribution in [0, 0.1) is 5.41 Å². The van der Waals surface area contributed by atoms with Gasteiger partial charge in [-0.05, 0) is 61.9 Å². The van der Waals surface area contributed by atoms with Gasteiger partial charge in [-0.1, -0.05) is 35.3 Å². The molecule has 0 aliphatic carbocycles. The van der Waals surface area contributed by atoms with E-state index < -0.39 is 32.6 Å². The monoisotopic (exact) mass is 631 g/mol. The second kappa shape index (κ2) is 12.4. The molecule has 0 saturated heterocycles. The number of anilines is 2. The Morgan fingerprint density at radius 2 is 1.60 bits per heavy atom. The van der Waals surface area contributed by atoms with Gasteiger partial charge in [-0.25, -0.2) is 18.2 Å². The summed E-state index contributed by atoms with van der Waals surface area (Å²) in [5.41, 5.74) is -1.50. The van der Waals surface area contributed by atoms with Crippen molar-refractivity contribution in [2.24, 2.45) is 5.41 Å². The second-order valence-corrected chi connectivity index (χ2v) is 12.7. The third-order valence-electron chi connectivity index (χ3n) is 6.03. The van der Waals surface area contributed by atoms with Gasteiger partial charge in [-0.2, -0.15) is 0 Å². The van der Waals surface area contributed by atoms with Gasteiger partial charge in [-0.3, -0.25) is 23.4 Å². The van der Waals surface area contributed by atoms with Crippen LogP contribution >= 0.6 is 23.2 Å². The smallest absolute Gasteiger partial charge is 0.332 e. The molecule has 0 fully saturated rings. The number of carbonyl (C=O) groups is 1. The molecule has 4 aromatic rings. The van der Waals surface area contributed by atoms with Gasteiger partial charge in [0.25, 0.3) is 5.56 Å². The van der Waals surface area contributed by atoms with Crippen LogP contribution in [0.25, 0.3) is 0 Å². The number of carbonyl (C=O) groups excluding carboxylic acids is 1. The largest absolute Gasteiger partial charge is 0.439 e. The number of amides is 1. The van der Waals surface area contributed by atoms with Gasteiger partial charge in [0.05, 0.1) is 23.2 Å². The second-order valence-electron chi connectivity index (χ2n) is 10.1. The van der Waals surface area contributed by atoms with Crippen LogP contribution in [0.2, 0.25) is 10.0 Å². The first-order valence-electron chi connectivity index (χ1n) is 12.5. The van der Waals surface area contributed by atoms with E-state index in [0.29, 0.717) is 27.4 Å². The highest BCUT2D eigenvalue weighted by Crippen LogP contribution is 2.24. The van der Waals surface area contributed by atoms with Crippen molar-refractivity contribution in [3.63, 3.8) is 0 Å². The fourth-order valence-corrected chi connectivity index (χ4v) is 4.71. The van der Waals surface area contributed by atoms with Crippen molar-refractivity contribution >= 4 is 50.6 Å². The highest BCUT2D eigenvalue weighted by molar-refractivity contribution is 7.89. The normalized spacial score (nSPS) is 11.6. The van der Waals surface area contributed by atoms with Gasteiger partial charge in [0.2, 0.25) is 21.8 Å². The zero-order chi connectivity index (χ0) is 30.7. The molecule has 1 amide bonds. The Kier molecular flexibility index (Phi) is 9.09. The summed E-state index contributed by atoms with van der Waals surface area (Å²) >= 11 is 11.9. The molecule has 14 heteroatoms. The Morgan fingerprint density at radius 1 is 0.952 bits per heavy atom. The van der Waals surface area contributed by atoms with E-state index in [1.165, 1.54) is 30.7 Å². The lowest BCUT2D eigenvalue weighted by Crippen LogP contribution is -2.48. The maximum Gasteiger partial charge on any atom is 0.332 e. The third kappa shape index (κ3) is 7.99. The van der Waals surface area contributed by atoms with E-state index in [2.05, 4.69) is 10.3 Å². The molecule has 0 saturated carbocycles. The number of ether oxygens (including phenoxy) is 1. The average Bonchev–Trinajstić information content (AvgIpc) is 2.91. The van der Waals surface area contributed by atoms with Crippen LogP contribution in [0.5, 0.6) is 11.6 Å². The molecular formula is C28H27Cl2N5O6S. The van der Waals surface area contributed by atoms with Crippen LogP contribution in [-0.4, -0.2) is 34.7 Å². The molecule has 0 aliphatic rings. The van der Waals surface area contributed by atoms with E-state index in [1.54, 1.807) is 60.7 Å². The number of aromatic nitrogens is 3. The van der Waals surface area contributed by atoms with E-state index in [0.717, 1.165) is 16.4 Å². The summed E-state index contributed by atoms with van der Waals surface area (Å²) in [7, 11) is -3.84. The number of halogens is 2. The number of hydrogen-bond acceptors (Lipinski definition) is 8. The van der Waals surface area contributed by atoms with E-state index >= 15 is 0 Å². The molecule has 4 rings (SSSR count). The lowest BCUT2D eigenvalue weighted by atomic mass is 9.92. The van der Waals surface area contributed by atoms with Gasteiger partial charge < -0.3 is 10.1 Å². The number of sulfonamides is 1. The molecule has 2 aromatic heterocycles. The van der Waals surface area contributed by atoms with Gasteiger partial charge >= 0.3 is 5.69 Å². The molecule has 0 bridgehead atoms. The van der Waals surface area contributed by atoms with Crippen molar-refractivity contribution < 1.29 is 17.9 Å². The first kappa shape index (κ1) is 30.8. The van der Waals surface area contributed by atoms with Gasteiger partial charge in [0, 0.05) is 35.6 Å². The van der Waals surface area contributed by atoms with Crippen LogP contribution in [0.4, 0.5) is 11.5 Å². The number of hydrogen-bond donors (Lipinski definition) is 2. The lowest BCUT2D eigenvalue weighted by molar-refractivity contribution is -0.128. The van der Waals surface area contributed by atoms with Crippen molar-refractivity contribution in [2.75, 3.05) is 11.6 Å². The molecule has 220 valence electrons. The summed E-state index contributed by atoms with van der Waals surface area (Å²) in [6.45, 7) is 2.59. The third-order valence-corrected chi connectivity index (χ3v) is 7.06. The predicted octanol–water partition coefficient (Wildman–Crippen LogP) is 4.40. The molecule has 0 atom stereocenters. The van der Waals surface area contributed by atoms with Crippen molar-refractivity contribution in [2.45, 2.75) is 26.9 Å². The molecule has 42 heavy (non-hydrogen) atoms. The van der Waals surface area contributed by atoms with Crippen molar-refractivity contribution in [1.82, 2.24) is 18.8 Å². The molecular weight excluding hydrogens is 605 g/mol. The topological polar surface area (TPSA) is 141 Å². The summed E-state index contributed by atoms with van der Waals surface area (Å²) in [5, 5.41) is 4.10. The molecule has 0 spiro atoms. The van der Waals surface area contributed by atoms with Crippen LogP contribution in [0.1, 0.15) is 19.4 Å². The summed E-state index contributed by atoms with van der Waals surface area (Å²) in [5.74, 6) is 0.203. The maximum atomic E-state index is 13.7. The maximum absolute atomic E-state index is 13.7. The summed E-state index contributed by atoms with van der Waals surface area (Å²) in [6.07, 6.45) is 2.31. The number of benzene rings is 2. The van der Waals surface area contributed by atoms with Gasteiger partial charge in [-0.15, -0.1) is 0 Å². The predicted molar refractivity (Wildman–Crippen MR) is 161 cm³/mol. The molecule has 0 radical (unpaired) electrons. The lowest BCUT2D eigenvalue weighted by Gasteiger charge is -2.24. The Balaban J connectivity index is 1.67. The van der Waals surface area contributed by atoms with Crippen LogP contribution in [0.3, 0.4) is 0 Å². The zero-order valence-electron chi connectivity index (χ0n) is 22.8. The summed E-state index contributed by atoms with van der Waals surface area (Å²) in [6, 6.07) is 18.1. The van der Waals surface area contributed by atoms with E-state index in [-0.39, 0.29) is 18.9 Å². The van der Waals surface area contributed by atoms with E-state index in [4.69, 9.17) is 27.9 Å². The van der Waals surface area contributed by atoms with Crippen molar-refractivity contribution in [1.29, 1.82) is 0 Å². The SMILES string of the molecule is CC(C)(Cn1c(=O)cc(Nc2ccc(Oc3ccc(Cl)cn3)cc2)n(Cc2ccc(Cl)cc2)c1=O)C(=O)NS(C)(=O)=O. The van der Waals surface area contributed by atoms with Crippen LogP contribution in [-0.2, 0) is 27.9 Å². The molecule has 0 aliphatic heterocycles. The minimum atomic E-state index is -3.84.